The van der Waals surface area contributed by atoms with Crippen LogP contribution in [0.2, 0.25) is 0 Å². The minimum Gasteiger partial charge on any atom is -0.328 e. The van der Waals surface area contributed by atoms with E-state index < -0.39 is 13.4 Å². The molecule has 0 unspecified atom stereocenters. The second-order valence-corrected chi connectivity index (χ2v) is 7.95. The monoisotopic (exact) mass is 375 g/mol. The largest absolute Gasteiger partial charge is 0.328 e. The molecule has 6 nitrogen and oxygen atoms in total. The number of rotatable bonds is 0. The van der Waals surface area contributed by atoms with E-state index >= 15 is 0 Å². The van der Waals surface area contributed by atoms with Gasteiger partial charge >= 0.3 is 13.4 Å². The third-order valence-corrected chi connectivity index (χ3v) is 1.32. The first-order valence-corrected chi connectivity index (χ1v) is 9.70. The van der Waals surface area contributed by atoms with E-state index in [1.807, 2.05) is 0 Å². The van der Waals surface area contributed by atoms with Gasteiger partial charge in [0.1, 0.15) is 0 Å². The van der Waals surface area contributed by atoms with Crippen LogP contribution in [0, 0.1) is 6.42 Å². The van der Waals surface area contributed by atoms with Crippen LogP contribution in [0.3, 0.4) is 0 Å². The van der Waals surface area contributed by atoms with Gasteiger partial charge in [-0.3, -0.25) is 0 Å². The van der Waals surface area contributed by atoms with Crippen LogP contribution in [0.4, 0.5) is 0 Å². The zero-order chi connectivity index (χ0) is 13.2. The molecule has 0 atom stereocenters. The fourth-order valence-electron chi connectivity index (χ4n) is 0.898. The molecule has 0 radical (unpaired) electrons. The van der Waals surface area contributed by atoms with Gasteiger partial charge in [0.2, 0.25) is 0 Å². The van der Waals surface area contributed by atoms with Gasteiger partial charge in [0.05, 0.1) is 0 Å². The number of hydrogen-bond donors (Lipinski definition) is 6. The first-order chi connectivity index (χ1) is 7.00. The Morgan fingerprint density at radius 1 is 0.706 bits per heavy atom. The Labute approximate surface area is 124 Å². The van der Waals surface area contributed by atoms with Crippen molar-refractivity contribution in [3.05, 3.63) is 6.42 Å². The summed E-state index contributed by atoms with van der Waals surface area (Å²) in [4.78, 5) is 45.3. The SMILES string of the molecule is OP(O)(O)=S.OP(O)(O)=S.[CH-]1CCCCC1.[Zn]. The minimum atomic E-state index is -3.81. The molecule has 1 saturated carbocycles. The number of hydrogen-bond acceptors (Lipinski definition) is 2. The van der Waals surface area contributed by atoms with Crippen LogP contribution in [0.5, 0.6) is 0 Å². The van der Waals surface area contributed by atoms with E-state index in [4.69, 9.17) is 29.4 Å². The van der Waals surface area contributed by atoms with Gasteiger partial charge in [0.25, 0.3) is 0 Å². The second kappa shape index (κ2) is 12.7. The van der Waals surface area contributed by atoms with Crippen LogP contribution < -0.4 is 0 Å². The van der Waals surface area contributed by atoms with Gasteiger partial charge in [0.15, 0.2) is 0 Å². The quantitative estimate of drug-likeness (QED) is 0.206. The average molecular weight is 377 g/mol. The Hall–Kier alpha value is 1.68. The molecule has 0 amide bonds. The molecule has 1 aliphatic carbocycles. The van der Waals surface area contributed by atoms with Crippen molar-refractivity contribution in [1.82, 2.24) is 0 Å². The van der Waals surface area contributed by atoms with E-state index in [2.05, 4.69) is 30.0 Å². The predicted molar refractivity (Wildman–Crippen MR) is 69.3 cm³/mol. The van der Waals surface area contributed by atoms with E-state index in [0.29, 0.717) is 0 Å². The summed E-state index contributed by atoms with van der Waals surface area (Å²) >= 11 is 7.21. The first kappa shape index (κ1) is 23.8. The van der Waals surface area contributed by atoms with E-state index in [0.717, 1.165) is 0 Å². The van der Waals surface area contributed by atoms with Gasteiger partial charge < -0.3 is 35.8 Å². The van der Waals surface area contributed by atoms with Crippen molar-refractivity contribution in [2.75, 3.05) is 0 Å². The first-order valence-electron chi connectivity index (χ1n) is 4.38. The van der Waals surface area contributed by atoms with E-state index in [9.17, 15) is 0 Å². The average Bonchev–Trinajstić information content (AvgIpc) is 2.01. The summed E-state index contributed by atoms with van der Waals surface area (Å²) in [7, 11) is 0. The predicted octanol–water partition coefficient (Wildman–Crippen LogP) is 0.528. The van der Waals surface area contributed by atoms with Crippen molar-refractivity contribution in [3.63, 3.8) is 0 Å². The molecule has 0 aromatic carbocycles. The van der Waals surface area contributed by atoms with Crippen LogP contribution >= 0.6 is 13.4 Å². The molecule has 0 saturated heterocycles. The van der Waals surface area contributed by atoms with Gasteiger partial charge in [-0.25, -0.2) is 0 Å². The summed E-state index contributed by atoms with van der Waals surface area (Å²) in [5.41, 5.74) is 0. The van der Waals surface area contributed by atoms with Crippen molar-refractivity contribution in [2.24, 2.45) is 0 Å². The molecule has 0 spiro atoms. The molecule has 0 aromatic heterocycles. The fraction of sp³-hybridized carbons (Fsp3) is 0.833. The van der Waals surface area contributed by atoms with Gasteiger partial charge in [-0.1, -0.05) is 19.3 Å². The molecular weight excluding hydrogens is 360 g/mol. The third-order valence-electron chi connectivity index (χ3n) is 1.32. The maximum atomic E-state index is 7.56. The molecule has 1 aliphatic rings. The molecule has 0 heterocycles. The smallest absolute Gasteiger partial charge is 0.319 e. The third kappa shape index (κ3) is 73.7. The van der Waals surface area contributed by atoms with Crippen LogP contribution in [-0.2, 0) is 43.1 Å². The maximum absolute atomic E-state index is 7.56. The topological polar surface area (TPSA) is 121 Å². The summed E-state index contributed by atoms with van der Waals surface area (Å²) in [6, 6.07) is 0. The van der Waals surface area contributed by atoms with E-state index in [-0.39, 0.29) is 19.5 Å². The summed E-state index contributed by atoms with van der Waals surface area (Å²) in [5.74, 6) is 0. The molecule has 1 rings (SSSR count). The Kier molecular flexibility index (Phi) is 17.7. The maximum Gasteiger partial charge on any atom is 0.319 e. The van der Waals surface area contributed by atoms with Crippen LogP contribution in [0.1, 0.15) is 32.1 Å². The molecular formula is C6H17O6P2S2Zn-. The summed E-state index contributed by atoms with van der Waals surface area (Å²) in [6.45, 7) is -7.61. The van der Waals surface area contributed by atoms with Crippen LogP contribution in [-0.4, -0.2) is 29.4 Å². The van der Waals surface area contributed by atoms with Crippen molar-refractivity contribution in [2.45, 2.75) is 32.1 Å². The normalized spacial score (nSPS) is 15.4. The molecule has 0 bridgehead atoms. The molecule has 6 N–H and O–H groups in total. The van der Waals surface area contributed by atoms with Gasteiger partial charge in [0, 0.05) is 19.5 Å². The van der Waals surface area contributed by atoms with Gasteiger partial charge in [-0.2, -0.15) is 12.8 Å². The van der Waals surface area contributed by atoms with Gasteiger partial charge in [-0.05, 0) is 23.6 Å². The molecule has 17 heavy (non-hydrogen) atoms. The van der Waals surface area contributed by atoms with Crippen LogP contribution in [0.15, 0.2) is 0 Å². The summed E-state index contributed by atoms with van der Waals surface area (Å²) < 4.78 is 0. The zero-order valence-electron chi connectivity index (χ0n) is 9.21. The molecule has 102 valence electrons. The van der Waals surface area contributed by atoms with E-state index in [1.165, 1.54) is 32.1 Å². The minimum absolute atomic E-state index is 0. The van der Waals surface area contributed by atoms with E-state index in [1.54, 1.807) is 0 Å². The Morgan fingerprint density at radius 2 is 0.941 bits per heavy atom. The van der Waals surface area contributed by atoms with Crippen molar-refractivity contribution < 1.29 is 48.8 Å². The molecule has 0 aromatic rings. The summed E-state index contributed by atoms with van der Waals surface area (Å²) in [5, 5.41) is 0. The zero-order valence-corrected chi connectivity index (χ0v) is 15.6. The van der Waals surface area contributed by atoms with Crippen LogP contribution in [0.25, 0.3) is 0 Å². The van der Waals surface area contributed by atoms with Crippen molar-refractivity contribution in [1.29, 1.82) is 0 Å². The molecule has 0 aliphatic heterocycles. The molecule has 1 fully saturated rings. The Balaban J connectivity index is -0.000000170. The van der Waals surface area contributed by atoms with Gasteiger partial charge in [-0.15, -0.1) is 0 Å². The Bertz CT molecular complexity index is 203. The second-order valence-electron chi connectivity index (χ2n) is 2.95. The fourth-order valence-corrected chi connectivity index (χ4v) is 0.898. The molecule has 11 heteroatoms. The summed E-state index contributed by atoms with van der Waals surface area (Å²) in [6.07, 6.45) is 9.50. The van der Waals surface area contributed by atoms with Crippen molar-refractivity contribution in [3.8, 4) is 0 Å². The van der Waals surface area contributed by atoms with Crippen molar-refractivity contribution >= 4 is 37.1 Å². The standard InChI is InChI=1S/C6H11.2H3O3PS.Zn/c1-2-4-6-5-3-1;2*1-4(2,3)5;/h1H,2-6H2;2*(H3,1,2,3,5);/q-1;;;. The Morgan fingerprint density at radius 3 is 1.00 bits per heavy atom.